The number of carbonyl (C=O) groups is 1. The lowest BCUT2D eigenvalue weighted by molar-refractivity contribution is 0.0774. The highest BCUT2D eigenvalue weighted by atomic mass is 16.6. The van der Waals surface area contributed by atoms with Gasteiger partial charge in [0.2, 0.25) is 11.5 Å². The van der Waals surface area contributed by atoms with Gasteiger partial charge in [-0.05, 0) is 17.2 Å². The summed E-state index contributed by atoms with van der Waals surface area (Å²) in [6.45, 7) is 2.50. The first kappa shape index (κ1) is 10.1. The summed E-state index contributed by atoms with van der Waals surface area (Å²) in [5, 5.41) is 6.70. The molecule has 0 aliphatic heterocycles. The van der Waals surface area contributed by atoms with Gasteiger partial charge in [-0.2, -0.15) is 0 Å². The molecule has 0 saturated heterocycles. The standard InChI is InChI=1S/C8H10N4O2/c1-3-5-12(4-2)8(13)6-7(9)11-14-10-6/h1H,4-5H2,2H3,(H2,9,11). The number of hydrogen-bond donors (Lipinski definition) is 1. The Labute approximate surface area is 81.0 Å². The van der Waals surface area contributed by atoms with Gasteiger partial charge >= 0.3 is 0 Å². The molecule has 0 aromatic carbocycles. The Bertz CT molecular complexity index is 366. The van der Waals surface area contributed by atoms with Crippen molar-refractivity contribution in [3.8, 4) is 12.3 Å². The number of aromatic nitrogens is 2. The summed E-state index contributed by atoms with van der Waals surface area (Å²) in [6, 6.07) is 0. The third kappa shape index (κ3) is 1.82. The molecule has 0 unspecified atom stereocenters. The highest BCUT2D eigenvalue weighted by Gasteiger charge is 2.20. The molecule has 6 heteroatoms. The van der Waals surface area contributed by atoms with Crippen LogP contribution in [0.15, 0.2) is 4.63 Å². The molecule has 74 valence electrons. The van der Waals surface area contributed by atoms with Gasteiger partial charge in [-0.3, -0.25) is 4.79 Å². The molecule has 0 aliphatic carbocycles. The van der Waals surface area contributed by atoms with Crippen LogP contribution in [0.3, 0.4) is 0 Å². The smallest absolute Gasteiger partial charge is 0.280 e. The molecule has 0 spiro atoms. The Morgan fingerprint density at radius 2 is 2.43 bits per heavy atom. The van der Waals surface area contributed by atoms with Crippen LogP contribution in [0, 0.1) is 12.3 Å². The summed E-state index contributed by atoms with van der Waals surface area (Å²) < 4.78 is 4.32. The van der Waals surface area contributed by atoms with E-state index in [1.54, 1.807) is 6.92 Å². The second kappa shape index (κ2) is 4.28. The lowest BCUT2D eigenvalue weighted by Gasteiger charge is -2.15. The van der Waals surface area contributed by atoms with Gasteiger partial charge in [0.1, 0.15) is 0 Å². The molecule has 1 aromatic rings. The van der Waals surface area contributed by atoms with E-state index in [4.69, 9.17) is 12.2 Å². The number of nitrogens with zero attached hydrogens (tertiary/aromatic N) is 3. The summed E-state index contributed by atoms with van der Waals surface area (Å²) in [5.41, 5.74) is 5.37. The molecule has 6 nitrogen and oxygen atoms in total. The molecule has 2 N–H and O–H groups in total. The number of terminal acetylenes is 1. The molecule has 0 radical (unpaired) electrons. The average molecular weight is 194 g/mol. The van der Waals surface area contributed by atoms with Gasteiger partial charge in [-0.15, -0.1) is 6.42 Å². The minimum Gasteiger partial charge on any atom is -0.379 e. The maximum atomic E-state index is 11.6. The molecule has 0 fully saturated rings. The number of nitrogen functional groups attached to an aromatic ring is 1. The average Bonchev–Trinajstić information content (AvgIpc) is 2.59. The van der Waals surface area contributed by atoms with Crippen LogP contribution >= 0.6 is 0 Å². The fraction of sp³-hybridized carbons (Fsp3) is 0.375. The van der Waals surface area contributed by atoms with Crippen LogP contribution in [0.2, 0.25) is 0 Å². The van der Waals surface area contributed by atoms with Crippen LogP contribution in [0.1, 0.15) is 17.4 Å². The van der Waals surface area contributed by atoms with Crippen molar-refractivity contribution in [2.24, 2.45) is 0 Å². The van der Waals surface area contributed by atoms with Gasteiger partial charge in [0, 0.05) is 6.54 Å². The van der Waals surface area contributed by atoms with Gasteiger partial charge in [-0.25, -0.2) is 4.63 Å². The van der Waals surface area contributed by atoms with Crippen LogP contribution in [-0.2, 0) is 0 Å². The minimum absolute atomic E-state index is 0.00194. The van der Waals surface area contributed by atoms with Crippen molar-refractivity contribution < 1.29 is 9.42 Å². The topological polar surface area (TPSA) is 85.2 Å². The molecule has 1 heterocycles. The third-order valence-corrected chi connectivity index (χ3v) is 1.67. The van der Waals surface area contributed by atoms with Crippen molar-refractivity contribution in [2.75, 3.05) is 18.8 Å². The van der Waals surface area contributed by atoms with Gasteiger partial charge < -0.3 is 10.6 Å². The first-order chi connectivity index (χ1) is 6.70. The summed E-state index contributed by atoms with van der Waals surface area (Å²) in [7, 11) is 0. The summed E-state index contributed by atoms with van der Waals surface area (Å²) in [4.78, 5) is 13.0. The van der Waals surface area contributed by atoms with Crippen molar-refractivity contribution in [2.45, 2.75) is 6.92 Å². The van der Waals surface area contributed by atoms with E-state index >= 15 is 0 Å². The van der Waals surface area contributed by atoms with Gasteiger partial charge in [0.15, 0.2) is 0 Å². The van der Waals surface area contributed by atoms with Crippen LogP contribution < -0.4 is 5.73 Å². The Kier molecular flexibility index (Phi) is 3.07. The zero-order chi connectivity index (χ0) is 10.6. The SMILES string of the molecule is C#CCN(CC)C(=O)c1nonc1N. The predicted molar refractivity (Wildman–Crippen MR) is 49.1 cm³/mol. The van der Waals surface area contributed by atoms with Crippen LogP contribution in [-0.4, -0.2) is 34.2 Å². The maximum Gasteiger partial charge on any atom is 0.280 e. The maximum absolute atomic E-state index is 11.6. The van der Waals surface area contributed by atoms with E-state index in [9.17, 15) is 4.79 Å². The molecular formula is C8H10N4O2. The van der Waals surface area contributed by atoms with Gasteiger partial charge in [0.25, 0.3) is 5.91 Å². The summed E-state index contributed by atoms with van der Waals surface area (Å²) in [5.74, 6) is 1.97. The number of anilines is 1. The normalized spacial score (nSPS) is 9.43. The van der Waals surface area contributed by atoms with E-state index in [0.717, 1.165) is 0 Å². The lowest BCUT2D eigenvalue weighted by atomic mass is 10.3. The van der Waals surface area contributed by atoms with E-state index < -0.39 is 0 Å². The van der Waals surface area contributed by atoms with Crippen molar-refractivity contribution in [3.63, 3.8) is 0 Å². The Morgan fingerprint density at radius 3 is 2.86 bits per heavy atom. The van der Waals surface area contributed by atoms with E-state index in [1.165, 1.54) is 4.90 Å². The van der Waals surface area contributed by atoms with E-state index in [-0.39, 0.29) is 24.0 Å². The largest absolute Gasteiger partial charge is 0.379 e. The molecular weight excluding hydrogens is 184 g/mol. The third-order valence-electron chi connectivity index (χ3n) is 1.67. The number of carbonyl (C=O) groups excluding carboxylic acids is 1. The first-order valence-electron chi connectivity index (χ1n) is 4.01. The fourth-order valence-electron chi connectivity index (χ4n) is 0.931. The molecule has 0 aliphatic rings. The quantitative estimate of drug-likeness (QED) is 0.670. The number of amides is 1. The Morgan fingerprint density at radius 1 is 1.71 bits per heavy atom. The molecule has 0 atom stereocenters. The van der Waals surface area contributed by atoms with E-state index in [2.05, 4.69) is 20.9 Å². The second-order valence-corrected chi connectivity index (χ2v) is 2.52. The predicted octanol–water partition coefficient (Wildman–Crippen LogP) is -0.253. The second-order valence-electron chi connectivity index (χ2n) is 2.52. The highest BCUT2D eigenvalue weighted by Crippen LogP contribution is 2.07. The summed E-state index contributed by atoms with van der Waals surface area (Å²) in [6.07, 6.45) is 5.10. The number of nitrogens with two attached hydrogens (primary N) is 1. The Balaban J connectivity index is 2.84. The minimum atomic E-state index is -0.371. The highest BCUT2D eigenvalue weighted by molar-refractivity contribution is 5.96. The molecule has 14 heavy (non-hydrogen) atoms. The molecule has 1 rings (SSSR count). The van der Waals surface area contributed by atoms with Crippen LogP contribution in [0.25, 0.3) is 0 Å². The Hall–Kier alpha value is -2.03. The van der Waals surface area contributed by atoms with E-state index in [0.29, 0.717) is 6.54 Å². The van der Waals surface area contributed by atoms with Gasteiger partial charge in [0.05, 0.1) is 6.54 Å². The molecule has 0 bridgehead atoms. The fourth-order valence-corrected chi connectivity index (χ4v) is 0.931. The van der Waals surface area contributed by atoms with Crippen molar-refractivity contribution >= 4 is 11.7 Å². The van der Waals surface area contributed by atoms with Crippen LogP contribution in [0.5, 0.6) is 0 Å². The van der Waals surface area contributed by atoms with Crippen LogP contribution in [0.4, 0.5) is 5.82 Å². The first-order valence-corrected chi connectivity index (χ1v) is 4.01. The summed E-state index contributed by atoms with van der Waals surface area (Å²) >= 11 is 0. The number of hydrogen-bond acceptors (Lipinski definition) is 5. The number of rotatable bonds is 3. The van der Waals surface area contributed by atoms with Crippen molar-refractivity contribution in [1.29, 1.82) is 0 Å². The van der Waals surface area contributed by atoms with Crippen molar-refractivity contribution in [1.82, 2.24) is 15.2 Å². The molecule has 0 saturated carbocycles. The monoisotopic (exact) mass is 194 g/mol. The zero-order valence-electron chi connectivity index (χ0n) is 7.73. The molecule has 1 aromatic heterocycles. The van der Waals surface area contributed by atoms with Gasteiger partial charge in [-0.1, -0.05) is 5.92 Å². The molecule has 1 amide bonds. The van der Waals surface area contributed by atoms with E-state index in [1.807, 2.05) is 0 Å². The van der Waals surface area contributed by atoms with Crippen molar-refractivity contribution in [3.05, 3.63) is 5.69 Å². The lowest BCUT2D eigenvalue weighted by Crippen LogP contribution is -2.31. The zero-order valence-corrected chi connectivity index (χ0v) is 7.73.